The first-order valence-electron chi connectivity index (χ1n) is 6.75. The second-order valence-corrected chi connectivity index (χ2v) is 4.65. The largest absolute Gasteiger partial charge is 0.493 e. The molecule has 0 bridgehead atoms. The quantitative estimate of drug-likeness (QED) is 0.686. The number of hydrogen-bond acceptors (Lipinski definition) is 3. The van der Waals surface area contributed by atoms with Gasteiger partial charge in [-0.05, 0) is 30.5 Å². The molecule has 0 amide bonds. The summed E-state index contributed by atoms with van der Waals surface area (Å²) in [6.07, 6.45) is 1.84. The van der Waals surface area contributed by atoms with Crippen LogP contribution in [0, 0.1) is 0 Å². The predicted octanol–water partition coefficient (Wildman–Crippen LogP) is 2.94. The van der Waals surface area contributed by atoms with Crippen LogP contribution in [0.5, 0.6) is 5.75 Å². The van der Waals surface area contributed by atoms with E-state index in [0.29, 0.717) is 19.1 Å². The van der Waals surface area contributed by atoms with Gasteiger partial charge in [-0.2, -0.15) is 0 Å². The summed E-state index contributed by atoms with van der Waals surface area (Å²) in [5.41, 5.74) is 6.65. The average molecular weight is 251 g/mol. The van der Waals surface area contributed by atoms with Crippen LogP contribution in [0.4, 0.5) is 0 Å². The Hall–Kier alpha value is -1.06. The molecule has 0 aromatic heterocycles. The molecule has 0 spiro atoms. The molecule has 2 N–H and O–H groups in total. The first-order chi connectivity index (χ1) is 8.75. The van der Waals surface area contributed by atoms with Crippen molar-refractivity contribution in [3.05, 3.63) is 29.8 Å². The molecule has 1 aromatic carbocycles. The van der Waals surface area contributed by atoms with Crippen LogP contribution in [-0.4, -0.2) is 26.4 Å². The summed E-state index contributed by atoms with van der Waals surface area (Å²) in [6, 6.07) is 8.22. The molecule has 0 aliphatic rings. The van der Waals surface area contributed by atoms with Gasteiger partial charge in [-0.15, -0.1) is 0 Å². The maximum Gasteiger partial charge on any atom is 0.122 e. The minimum absolute atomic E-state index is 0.488. The third-order valence-corrected chi connectivity index (χ3v) is 2.72. The Morgan fingerprint density at radius 3 is 2.50 bits per heavy atom. The van der Waals surface area contributed by atoms with Crippen LogP contribution < -0.4 is 10.5 Å². The van der Waals surface area contributed by atoms with Gasteiger partial charge in [0.15, 0.2) is 0 Å². The van der Waals surface area contributed by atoms with Gasteiger partial charge in [0.2, 0.25) is 0 Å². The minimum atomic E-state index is 0.488. The lowest BCUT2D eigenvalue weighted by molar-refractivity contribution is 0.118. The summed E-state index contributed by atoms with van der Waals surface area (Å²) in [7, 11) is 0. The van der Waals surface area contributed by atoms with Crippen LogP contribution in [0.2, 0.25) is 0 Å². The summed E-state index contributed by atoms with van der Waals surface area (Å²) < 4.78 is 11.2. The SMILES string of the molecule is CC(C)c1ccccc1OCCCOCCCN. The Balaban J connectivity index is 2.23. The van der Waals surface area contributed by atoms with E-state index in [9.17, 15) is 0 Å². The Morgan fingerprint density at radius 2 is 1.78 bits per heavy atom. The summed E-state index contributed by atoms with van der Waals surface area (Å²) >= 11 is 0. The zero-order valence-electron chi connectivity index (χ0n) is 11.5. The second-order valence-electron chi connectivity index (χ2n) is 4.65. The van der Waals surface area contributed by atoms with Crippen molar-refractivity contribution >= 4 is 0 Å². The Kier molecular flexibility index (Phi) is 7.46. The topological polar surface area (TPSA) is 44.5 Å². The fourth-order valence-corrected chi connectivity index (χ4v) is 1.72. The van der Waals surface area contributed by atoms with Gasteiger partial charge >= 0.3 is 0 Å². The van der Waals surface area contributed by atoms with Gasteiger partial charge in [-0.1, -0.05) is 32.0 Å². The third kappa shape index (κ3) is 5.52. The standard InChI is InChI=1S/C15H25NO2/c1-13(2)14-7-3-4-8-15(14)18-12-6-11-17-10-5-9-16/h3-4,7-8,13H,5-6,9-12,16H2,1-2H3. The van der Waals surface area contributed by atoms with Gasteiger partial charge in [0, 0.05) is 19.6 Å². The lowest BCUT2D eigenvalue weighted by Gasteiger charge is -2.13. The highest BCUT2D eigenvalue weighted by atomic mass is 16.5. The summed E-state index contributed by atoms with van der Waals surface area (Å²) in [5.74, 6) is 1.48. The van der Waals surface area contributed by atoms with Crippen LogP contribution in [0.25, 0.3) is 0 Å². The van der Waals surface area contributed by atoms with Gasteiger partial charge in [-0.3, -0.25) is 0 Å². The maximum absolute atomic E-state index is 5.80. The molecule has 0 saturated carbocycles. The maximum atomic E-state index is 5.80. The van der Waals surface area contributed by atoms with E-state index >= 15 is 0 Å². The van der Waals surface area contributed by atoms with Crippen LogP contribution >= 0.6 is 0 Å². The van der Waals surface area contributed by atoms with E-state index in [4.69, 9.17) is 15.2 Å². The minimum Gasteiger partial charge on any atom is -0.493 e. The zero-order valence-corrected chi connectivity index (χ0v) is 11.5. The molecule has 0 heterocycles. The highest BCUT2D eigenvalue weighted by molar-refractivity contribution is 5.35. The van der Waals surface area contributed by atoms with Crippen molar-refractivity contribution in [3.63, 3.8) is 0 Å². The molecule has 0 aliphatic heterocycles. The lowest BCUT2D eigenvalue weighted by Crippen LogP contribution is -2.08. The van der Waals surface area contributed by atoms with E-state index in [2.05, 4.69) is 26.0 Å². The monoisotopic (exact) mass is 251 g/mol. The molecule has 1 rings (SSSR count). The van der Waals surface area contributed by atoms with E-state index in [1.165, 1.54) is 5.56 Å². The number of nitrogens with two attached hydrogens (primary N) is 1. The smallest absolute Gasteiger partial charge is 0.122 e. The molecule has 0 fully saturated rings. The van der Waals surface area contributed by atoms with E-state index in [0.717, 1.165) is 31.8 Å². The van der Waals surface area contributed by atoms with Crippen molar-refractivity contribution in [2.45, 2.75) is 32.6 Å². The molecule has 0 saturated heterocycles. The predicted molar refractivity (Wildman–Crippen MR) is 75.1 cm³/mol. The van der Waals surface area contributed by atoms with Crippen molar-refractivity contribution in [3.8, 4) is 5.75 Å². The summed E-state index contributed by atoms with van der Waals surface area (Å²) in [6.45, 7) is 7.24. The van der Waals surface area contributed by atoms with Crippen LogP contribution in [-0.2, 0) is 4.74 Å². The molecular weight excluding hydrogens is 226 g/mol. The molecular formula is C15H25NO2. The van der Waals surface area contributed by atoms with Gasteiger partial charge in [0.05, 0.1) is 6.61 Å². The Morgan fingerprint density at radius 1 is 1.06 bits per heavy atom. The Bertz CT molecular complexity index is 326. The van der Waals surface area contributed by atoms with Gasteiger partial charge in [0.1, 0.15) is 5.75 Å². The van der Waals surface area contributed by atoms with Crippen molar-refractivity contribution in [2.75, 3.05) is 26.4 Å². The molecule has 102 valence electrons. The number of hydrogen-bond donors (Lipinski definition) is 1. The van der Waals surface area contributed by atoms with E-state index in [-0.39, 0.29) is 0 Å². The van der Waals surface area contributed by atoms with Crippen molar-refractivity contribution < 1.29 is 9.47 Å². The van der Waals surface area contributed by atoms with Crippen molar-refractivity contribution in [1.82, 2.24) is 0 Å². The van der Waals surface area contributed by atoms with Crippen LogP contribution in [0.3, 0.4) is 0 Å². The molecule has 3 heteroatoms. The molecule has 18 heavy (non-hydrogen) atoms. The highest BCUT2D eigenvalue weighted by Crippen LogP contribution is 2.25. The molecule has 3 nitrogen and oxygen atoms in total. The molecule has 0 aliphatic carbocycles. The highest BCUT2D eigenvalue weighted by Gasteiger charge is 2.06. The first-order valence-corrected chi connectivity index (χ1v) is 6.75. The molecule has 0 radical (unpaired) electrons. The second kappa shape index (κ2) is 8.95. The van der Waals surface area contributed by atoms with Crippen LogP contribution in [0.15, 0.2) is 24.3 Å². The number of benzene rings is 1. The fourth-order valence-electron chi connectivity index (χ4n) is 1.72. The molecule has 1 aromatic rings. The molecule has 0 unspecified atom stereocenters. The molecule has 0 atom stereocenters. The number of para-hydroxylation sites is 1. The van der Waals surface area contributed by atoms with Gasteiger partial charge in [0.25, 0.3) is 0 Å². The Labute approximate surface area is 110 Å². The summed E-state index contributed by atoms with van der Waals surface area (Å²) in [5, 5.41) is 0. The first kappa shape index (κ1) is 15.0. The van der Waals surface area contributed by atoms with E-state index < -0.39 is 0 Å². The van der Waals surface area contributed by atoms with E-state index in [1.807, 2.05) is 12.1 Å². The normalized spacial score (nSPS) is 10.9. The van der Waals surface area contributed by atoms with Crippen molar-refractivity contribution in [1.29, 1.82) is 0 Å². The fraction of sp³-hybridized carbons (Fsp3) is 0.600. The van der Waals surface area contributed by atoms with Crippen molar-refractivity contribution in [2.24, 2.45) is 5.73 Å². The van der Waals surface area contributed by atoms with Gasteiger partial charge in [-0.25, -0.2) is 0 Å². The number of ether oxygens (including phenoxy) is 2. The van der Waals surface area contributed by atoms with E-state index in [1.54, 1.807) is 0 Å². The average Bonchev–Trinajstić information content (AvgIpc) is 2.38. The lowest BCUT2D eigenvalue weighted by atomic mass is 10.0. The zero-order chi connectivity index (χ0) is 13.2. The third-order valence-electron chi connectivity index (χ3n) is 2.72. The summed E-state index contributed by atoms with van der Waals surface area (Å²) in [4.78, 5) is 0. The number of rotatable bonds is 9. The van der Waals surface area contributed by atoms with Gasteiger partial charge < -0.3 is 15.2 Å². The van der Waals surface area contributed by atoms with Crippen LogP contribution in [0.1, 0.15) is 38.2 Å².